The second kappa shape index (κ2) is 6.54. The predicted molar refractivity (Wildman–Crippen MR) is 87.6 cm³/mol. The monoisotopic (exact) mass is 324 g/mol. The number of anilines is 1. The van der Waals surface area contributed by atoms with Crippen LogP contribution in [0.3, 0.4) is 0 Å². The highest BCUT2D eigenvalue weighted by atomic mass is 16.2. The number of rotatable bonds is 5. The summed E-state index contributed by atoms with van der Waals surface area (Å²) in [6.45, 7) is -0.0570. The standard InChI is InChI=1S/C17H16N4O3/c18-10-12-11-21(14-6-7-14)17(24)20(16(12)23)9-8-15(22)19-13-4-2-1-3-5-13/h1-5,11,14H,6-9H2,(H,19,22). The Morgan fingerprint density at radius 1 is 1.25 bits per heavy atom. The predicted octanol–water partition coefficient (Wildman–Crippen LogP) is 1.25. The van der Waals surface area contributed by atoms with Gasteiger partial charge in [-0.3, -0.25) is 18.7 Å². The fourth-order valence-electron chi connectivity index (χ4n) is 2.47. The third-order valence-electron chi connectivity index (χ3n) is 3.88. The van der Waals surface area contributed by atoms with E-state index in [1.807, 2.05) is 12.1 Å². The molecular formula is C17H16N4O3. The second-order valence-electron chi connectivity index (χ2n) is 5.70. The lowest BCUT2D eigenvalue weighted by atomic mass is 10.3. The van der Waals surface area contributed by atoms with Gasteiger partial charge in [-0.25, -0.2) is 4.79 Å². The number of benzene rings is 1. The largest absolute Gasteiger partial charge is 0.331 e. The summed E-state index contributed by atoms with van der Waals surface area (Å²) in [5.41, 5.74) is -0.540. The first-order chi connectivity index (χ1) is 11.6. The number of hydrogen-bond acceptors (Lipinski definition) is 4. The Morgan fingerprint density at radius 3 is 2.58 bits per heavy atom. The minimum atomic E-state index is -0.646. The molecule has 1 saturated carbocycles. The zero-order valence-electron chi connectivity index (χ0n) is 12.9. The molecule has 1 aromatic carbocycles. The van der Waals surface area contributed by atoms with Gasteiger partial charge in [0.05, 0.1) is 0 Å². The van der Waals surface area contributed by atoms with Crippen molar-refractivity contribution < 1.29 is 4.79 Å². The van der Waals surface area contributed by atoms with Crippen molar-refractivity contribution in [2.75, 3.05) is 5.32 Å². The summed E-state index contributed by atoms with van der Waals surface area (Å²) in [7, 11) is 0. The summed E-state index contributed by atoms with van der Waals surface area (Å²) in [6.07, 6.45) is 3.02. The molecule has 1 amide bonds. The molecule has 0 spiro atoms. The number of para-hydroxylation sites is 1. The summed E-state index contributed by atoms with van der Waals surface area (Å²) in [5, 5.41) is 11.8. The Hall–Kier alpha value is -3.14. The Balaban J connectivity index is 1.78. The second-order valence-corrected chi connectivity index (χ2v) is 5.70. The molecule has 0 unspecified atom stereocenters. The van der Waals surface area contributed by atoms with E-state index in [1.165, 1.54) is 10.8 Å². The van der Waals surface area contributed by atoms with Crippen LogP contribution in [0, 0.1) is 11.3 Å². The maximum Gasteiger partial charge on any atom is 0.331 e. The third-order valence-corrected chi connectivity index (χ3v) is 3.88. The molecule has 2 aromatic rings. The number of carbonyl (C=O) groups excluding carboxylic acids is 1. The summed E-state index contributed by atoms with van der Waals surface area (Å²) in [4.78, 5) is 36.6. The average molecular weight is 324 g/mol. The molecule has 0 aliphatic heterocycles. The zero-order valence-corrected chi connectivity index (χ0v) is 12.9. The van der Waals surface area contributed by atoms with Gasteiger partial charge < -0.3 is 5.32 Å². The lowest BCUT2D eigenvalue weighted by Crippen LogP contribution is -2.41. The Kier molecular flexibility index (Phi) is 4.29. The number of nitriles is 1. The molecule has 3 rings (SSSR count). The summed E-state index contributed by atoms with van der Waals surface area (Å²) < 4.78 is 2.40. The molecule has 7 nitrogen and oxygen atoms in total. The topological polar surface area (TPSA) is 96.9 Å². The highest BCUT2D eigenvalue weighted by molar-refractivity contribution is 5.90. The summed E-state index contributed by atoms with van der Waals surface area (Å²) in [5.74, 6) is -0.298. The highest BCUT2D eigenvalue weighted by Gasteiger charge is 2.26. The molecule has 7 heteroatoms. The fraction of sp³-hybridized carbons (Fsp3) is 0.294. The molecule has 0 atom stereocenters. The van der Waals surface area contributed by atoms with Crippen molar-refractivity contribution in [3.05, 3.63) is 62.9 Å². The number of carbonyl (C=O) groups is 1. The average Bonchev–Trinajstić information content (AvgIpc) is 3.41. The normalized spacial score (nSPS) is 13.3. The van der Waals surface area contributed by atoms with E-state index in [0.29, 0.717) is 5.69 Å². The SMILES string of the molecule is N#Cc1cn(C2CC2)c(=O)n(CCC(=O)Nc2ccccc2)c1=O. The maximum atomic E-state index is 12.4. The van der Waals surface area contributed by atoms with Gasteiger partial charge in [-0.05, 0) is 25.0 Å². The van der Waals surface area contributed by atoms with Crippen molar-refractivity contribution in [1.82, 2.24) is 9.13 Å². The van der Waals surface area contributed by atoms with Crippen LogP contribution in [0.15, 0.2) is 46.1 Å². The van der Waals surface area contributed by atoms with Crippen LogP contribution >= 0.6 is 0 Å². The first kappa shape index (κ1) is 15.7. The molecule has 0 radical (unpaired) electrons. The van der Waals surface area contributed by atoms with E-state index in [1.54, 1.807) is 24.3 Å². The van der Waals surface area contributed by atoms with Gasteiger partial charge in [0.2, 0.25) is 5.91 Å². The molecule has 24 heavy (non-hydrogen) atoms. The third kappa shape index (κ3) is 3.27. The molecule has 122 valence electrons. The minimum absolute atomic E-state index is 0.0242. The van der Waals surface area contributed by atoms with E-state index in [4.69, 9.17) is 5.26 Å². The van der Waals surface area contributed by atoms with Gasteiger partial charge in [-0.2, -0.15) is 5.26 Å². The van der Waals surface area contributed by atoms with Gasteiger partial charge in [0.25, 0.3) is 5.56 Å². The number of nitrogens with one attached hydrogen (secondary N) is 1. The van der Waals surface area contributed by atoms with Crippen molar-refractivity contribution in [1.29, 1.82) is 5.26 Å². The van der Waals surface area contributed by atoms with Crippen molar-refractivity contribution in [2.45, 2.75) is 31.8 Å². The lowest BCUT2D eigenvalue weighted by Gasteiger charge is -2.10. The molecule has 1 aliphatic rings. The number of aromatic nitrogens is 2. The van der Waals surface area contributed by atoms with Gasteiger partial charge >= 0.3 is 5.69 Å². The lowest BCUT2D eigenvalue weighted by molar-refractivity contribution is -0.116. The zero-order chi connectivity index (χ0) is 17.1. The molecule has 1 aromatic heterocycles. The van der Waals surface area contributed by atoms with Gasteiger partial charge in [0.15, 0.2) is 0 Å². The van der Waals surface area contributed by atoms with Crippen molar-refractivity contribution in [3.63, 3.8) is 0 Å². The van der Waals surface area contributed by atoms with Crippen LogP contribution in [0.4, 0.5) is 5.69 Å². The Labute approximate surface area is 137 Å². The Morgan fingerprint density at radius 2 is 1.96 bits per heavy atom. The quantitative estimate of drug-likeness (QED) is 0.895. The van der Waals surface area contributed by atoms with Crippen LogP contribution in [0.5, 0.6) is 0 Å². The molecule has 1 fully saturated rings. The highest BCUT2D eigenvalue weighted by Crippen LogP contribution is 2.33. The van der Waals surface area contributed by atoms with Gasteiger partial charge in [-0.15, -0.1) is 0 Å². The Bertz CT molecular complexity index is 918. The van der Waals surface area contributed by atoms with Crippen LogP contribution < -0.4 is 16.6 Å². The van der Waals surface area contributed by atoms with E-state index >= 15 is 0 Å². The molecule has 0 saturated heterocycles. The van der Waals surface area contributed by atoms with E-state index in [0.717, 1.165) is 17.4 Å². The van der Waals surface area contributed by atoms with Crippen LogP contribution in [-0.4, -0.2) is 15.0 Å². The van der Waals surface area contributed by atoms with Crippen LogP contribution in [0.25, 0.3) is 0 Å². The van der Waals surface area contributed by atoms with Crippen LogP contribution in [0.2, 0.25) is 0 Å². The fourth-order valence-corrected chi connectivity index (χ4v) is 2.47. The summed E-state index contributed by atoms with van der Waals surface area (Å²) in [6, 6.07) is 10.8. The summed E-state index contributed by atoms with van der Waals surface area (Å²) >= 11 is 0. The van der Waals surface area contributed by atoms with E-state index in [2.05, 4.69) is 5.32 Å². The number of amides is 1. The van der Waals surface area contributed by atoms with Crippen LogP contribution in [0.1, 0.15) is 30.9 Å². The minimum Gasteiger partial charge on any atom is -0.326 e. The molecule has 1 N–H and O–H groups in total. The molecule has 0 bridgehead atoms. The van der Waals surface area contributed by atoms with Crippen LogP contribution in [-0.2, 0) is 11.3 Å². The van der Waals surface area contributed by atoms with E-state index in [9.17, 15) is 14.4 Å². The first-order valence-corrected chi connectivity index (χ1v) is 7.71. The molecular weight excluding hydrogens is 308 g/mol. The van der Waals surface area contributed by atoms with E-state index in [-0.39, 0.29) is 30.5 Å². The number of hydrogen-bond donors (Lipinski definition) is 1. The maximum absolute atomic E-state index is 12.4. The van der Waals surface area contributed by atoms with Crippen molar-refractivity contribution in [2.24, 2.45) is 0 Å². The first-order valence-electron chi connectivity index (χ1n) is 7.71. The molecule has 1 aliphatic carbocycles. The van der Waals surface area contributed by atoms with Crippen molar-refractivity contribution in [3.8, 4) is 6.07 Å². The van der Waals surface area contributed by atoms with Crippen molar-refractivity contribution >= 4 is 11.6 Å². The van der Waals surface area contributed by atoms with E-state index < -0.39 is 11.2 Å². The number of nitrogens with zero attached hydrogens (tertiary/aromatic N) is 3. The molecule has 1 heterocycles. The smallest absolute Gasteiger partial charge is 0.326 e. The van der Waals surface area contributed by atoms with Gasteiger partial charge in [0, 0.05) is 30.9 Å². The van der Waals surface area contributed by atoms with Gasteiger partial charge in [-0.1, -0.05) is 18.2 Å². The van der Waals surface area contributed by atoms with Gasteiger partial charge in [0.1, 0.15) is 11.6 Å².